The third kappa shape index (κ3) is 36.7. The Bertz CT molecular complexity index is 1600. The van der Waals surface area contributed by atoms with Crippen molar-refractivity contribution in [3.8, 4) is 12.8 Å². The van der Waals surface area contributed by atoms with Crippen LogP contribution in [0.1, 0.15) is 104 Å². The Kier molecular flexibility index (Phi) is 53.3. The lowest BCUT2D eigenvalue weighted by Crippen LogP contribution is -2.75. The number of carboxylic acid groups (broad SMARTS) is 4. The number of hydrogen-bond acceptors (Lipinski definition) is 14. The molecule has 448 valence electrons. The van der Waals surface area contributed by atoms with E-state index in [1.54, 1.807) is 0 Å². The Morgan fingerprint density at radius 3 is 0.640 bits per heavy atom. The lowest BCUT2D eigenvalue weighted by atomic mass is 9.87. The smallest absolute Gasteiger partial charge is 0.410 e. The van der Waals surface area contributed by atoms with E-state index >= 15 is 0 Å². The van der Waals surface area contributed by atoms with Gasteiger partial charge in [-0.15, -0.1) is 12.8 Å². The maximum Gasteiger partial charge on any atom is 0.410 e. The largest absolute Gasteiger partial charge is 0.481 e. The van der Waals surface area contributed by atoms with Gasteiger partial charge in [-0.05, 0) is 12.8 Å². The standard InChI is InChI=1S/C10H2F16O4.2C5H9NO3.2C5H10O2.2C2H4O2.C2H2.3CH4/c11-3(12,1(27)28)5(15,16)7(19,20)9(23,24)10(25,26)8(21,22)6(17,18)4(13,14)2(29)30;2*1-4(7)6-3-9-5(2)8;2*1-3-4-7-5(2)6;2*1-2(3)4;1-2;;;/h(H,27,28)(H,29,30);2*3H2,1-2H3,(H,6,7);2*3-4H2,1-2H3;2*1H3,(H,3,4);1-2H;3*1H4. The molecule has 0 heterocycles. The molecule has 0 fully saturated rings. The van der Waals surface area contributed by atoms with E-state index in [9.17, 15) is 109 Å². The van der Waals surface area contributed by atoms with Gasteiger partial charge in [0.2, 0.25) is 11.8 Å². The number of aliphatic carboxylic acids is 4. The molecule has 0 aromatic carbocycles. The van der Waals surface area contributed by atoms with E-state index in [4.69, 9.17) is 30.0 Å². The highest BCUT2D eigenvalue weighted by molar-refractivity contribution is 5.78. The predicted octanol–water partition coefficient (Wildman–Crippen LogP) is 7.78. The zero-order valence-electron chi connectivity index (χ0n) is 38.9. The molecule has 2 amide bonds. The highest BCUT2D eigenvalue weighted by Gasteiger charge is 2.96. The second-order valence-electron chi connectivity index (χ2n) is 12.0. The zero-order valence-corrected chi connectivity index (χ0v) is 38.9. The number of carbonyl (C=O) groups excluding carboxylic acids is 6. The first-order chi connectivity index (χ1) is 31.9. The summed E-state index contributed by atoms with van der Waals surface area (Å²) in [5.74, 6) is -78.2. The molecular formula is C39H62F16N2O18. The molecule has 0 rings (SSSR count). The Morgan fingerprint density at radius 1 is 0.373 bits per heavy atom. The zero-order chi connectivity index (χ0) is 60.3. The summed E-state index contributed by atoms with van der Waals surface area (Å²) in [7, 11) is 0. The number of alkyl halides is 16. The van der Waals surface area contributed by atoms with Gasteiger partial charge in [0.1, 0.15) is 0 Å². The van der Waals surface area contributed by atoms with Crippen LogP contribution in [-0.2, 0) is 66.9 Å². The fourth-order valence-electron chi connectivity index (χ4n) is 2.42. The van der Waals surface area contributed by atoms with Gasteiger partial charge >= 0.3 is 83.2 Å². The lowest BCUT2D eigenvalue weighted by Gasteiger charge is -2.42. The SMILES string of the molecule is C.C.C.C#C.CC(=O)NCOC(C)=O.CC(=O)NCOC(C)=O.CC(=O)O.CC(=O)O.CCCOC(C)=O.CCCOC(C)=O.O=C(O)C(F)(F)C(F)(F)C(F)(F)C(F)(F)C(F)(F)C(F)(F)C(F)(F)C(F)(F)C(=O)O. The lowest BCUT2D eigenvalue weighted by molar-refractivity contribution is -0.448. The summed E-state index contributed by atoms with van der Waals surface area (Å²) in [6.45, 7) is 15.2. The third-order valence-electron chi connectivity index (χ3n) is 5.51. The van der Waals surface area contributed by atoms with Crippen LogP contribution in [0.5, 0.6) is 0 Å². The Hall–Kier alpha value is -6.86. The van der Waals surface area contributed by atoms with Crippen molar-refractivity contribution in [3.63, 3.8) is 0 Å². The van der Waals surface area contributed by atoms with Gasteiger partial charge in [-0.1, -0.05) is 36.1 Å². The fraction of sp³-hybridized carbons (Fsp3) is 0.692. The fourth-order valence-corrected chi connectivity index (χ4v) is 2.42. The molecule has 0 atom stereocenters. The molecule has 20 nitrogen and oxygen atoms in total. The van der Waals surface area contributed by atoms with E-state index in [2.05, 4.69) is 42.4 Å². The molecule has 0 saturated carbocycles. The molecule has 0 aliphatic heterocycles. The van der Waals surface area contributed by atoms with Gasteiger partial charge in [-0.3, -0.25) is 38.4 Å². The summed E-state index contributed by atoms with van der Waals surface area (Å²) in [5, 5.41) is 34.7. The van der Waals surface area contributed by atoms with Crippen LogP contribution >= 0.6 is 0 Å². The summed E-state index contributed by atoms with van der Waals surface area (Å²) in [5.41, 5.74) is 0. The summed E-state index contributed by atoms with van der Waals surface area (Å²) in [4.78, 5) is 98.0. The minimum absolute atomic E-state index is 0. The summed E-state index contributed by atoms with van der Waals surface area (Å²) < 4.78 is 225. The maximum atomic E-state index is 13.2. The molecule has 0 aliphatic carbocycles. The van der Waals surface area contributed by atoms with Crippen LogP contribution in [0, 0.1) is 12.8 Å². The monoisotopic (exact) mass is 1150 g/mol. The van der Waals surface area contributed by atoms with Crippen LogP contribution in [0.3, 0.4) is 0 Å². The average molecular weight is 1150 g/mol. The molecule has 36 heteroatoms. The van der Waals surface area contributed by atoms with Crippen molar-refractivity contribution < 1.29 is 158 Å². The first-order valence-corrected chi connectivity index (χ1v) is 18.1. The second-order valence-corrected chi connectivity index (χ2v) is 12.0. The molecule has 0 spiro atoms. The molecule has 0 radical (unpaired) electrons. The van der Waals surface area contributed by atoms with Crippen molar-refractivity contribution in [1.29, 1.82) is 0 Å². The Morgan fingerprint density at radius 2 is 0.533 bits per heavy atom. The maximum absolute atomic E-state index is 13.2. The van der Waals surface area contributed by atoms with Crippen molar-refractivity contribution in [2.45, 2.75) is 152 Å². The van der Waals surface area contributed by atoms with Gasteiger partial charge in [0.25, 0.3) is 11.9 Å². The molecule has 75 heavy (non-hydrogen) atoms. The van der Waals surface area contributed by atoms with Gasteiger partial charge in [-0.25, -0.2) is 9.59 Å². The summed E-state index contributed by atoms with van der Waals surface area (Å²) in [6, 6.07) is 0. The van der Waals surface area contributed by atoms with E-state index in [0.717, 1.165) is 26.7 Å². The number of terminal acetylenes is 1. The quantitative estimate of drug-likeness (QED) is 0.0266. The highest BCUT2D eigenvalue weighted by Crippen LogP contribution is 2.63. The molecular weight excluding hydrogens is 1090 g/mol. The number of ether oxygens (including phenoxy) is 4. The molecule has 0 aliphatic rings. The van der Waals surface area contributed by atoms with E-state index in [-0.39, 0.29) is 59.5 Å². The number of carboxylic acids is 4. The Labute approximate surface area is 419 Å². The van der Waals surface area contributed by atoms with E-state index in [1.807, 2.05) is 13.8 Å². The van der Waals surface area contributed by atoms with Crippen LogP contribution < -0.4 is 10.6 Å². The molecule has 0 aromatic heterocycles. The van der Waals surface area contributed by atoms with Crippen molar-refractivity contribution >= 4 is 59.6 Å². The van der Waals surface area contributed by atoms with Gasteiger partial charge in [-0.2, -0.15) is 70.2 Å². The van der Waals surface area contributed by atoms with Gasteiger partial charge in [0.05, 0.1) is 13.2 Å². The number of nitrogens with one attached hydrogen (secondary N) is 2. The van der Waals surface area contributed by atoms with Crippen molar-refractivity contribution in [3.05, 3.63) is 0 Å². The van der Waals surface area contributed by atoms with Gasteiger partial charge < -0.3 is 50.0 Å². The van der Waals surface area contributed by atoms with Gasteiger partial charge in [0, 0.05) is 55.4 Å². The topological polar surface area (TPSA) is 313 Å². The normalized spacial score (nSPS) is 10.6. The average Bonchev–Trinajstić information content (AvgIpc) is 3.19. The molecule has 0 bridgehead atoms. The van der Waals surface area contributed by atoms with Crippen LogP contribution in [-0.4, -0.2) is 154 Å². The van der Waals surface area contributed by atoms with E-state index in [1.165, 1.54) is 41.5 Å². The number of carbonyl (C=O) groups is 10. The van der Waals surface area contributed by atoms with Crippen LogP contribution in [0.4, 0.5) is 70.2 Å². The third-order valence-corrected chi connectivity index (χ3v) is 5.51. The van der Waals surface area contributed by atoms with Crippen LogP contribution in [0.2, 0.25) is 0 Å². The highest BCUT2D eigenvalue weighted by atomic mass is 19.4. The number of halogens is 16. The van der Waals surface area contributed by atoms with E-state index < -0.39 is 83.2 Å². The molecule has 0 aromatic rings. The summed E-state index contributed by atoms with van der Waals surface area (Å²) >= 11 is 0. The van der Waals surface area contributed by atoms with E-state index in [0.29, 0.717) is 13.2 Å². The molecule has 0 unspecified atom stereocenters. The van der Waals surface area contributed by atoms with Gasteiger partial charge in [0.15, 0.2) is 13.5 Å². The summed E-state index contributed by atoms with van der Waals surface area (Å²) in [6.07, 6.45) is 9.80. The van der Waals surface area contributed by atoms with Crippen molar-refractivity contribution in [1.82, 2.24) is 10.6 Å². The number of amides is 2. The first kappa shape index (κ1) is 94.1. The van der Waals surface area contributed by atoms with Crippen molar-refractivity contribution in [2.24, 2.45) is 0 Å². The molecule has 0 saturated heterocycles. The number of hydrogen-bond donors (Lipinski definition) is 6. The first-order valence-electron chi connectivity index (χ1n) is 18.1. The predicted molar refractivity (Wildman–Crippen MR) is 226 cm³/mol. The second kappa shape index (κ2) is 42.5. The van der Waals surface area contributed by atoms with Crippen LogP contribution in [0.15, 0.2) is 0 Å². The minimum Gasteiger partial charge on any atom is -0.481 e. The molecule has 6 N–H and O–H groups in total. The minimum atomic E-state index is -8.80. The number of esters is 4. The Balaban J connectivity index is -0.0000000826. The number of rotatable bonds is 17. The van der Waals surface area contributed by atoms with Crippen molar-refractivity contribution in [2.75, 3.05) is 26.7 Å². The van der Waals surface area contributed by atoms with Crippen LogP contribution in [0.25, 0.3) is 0 Å².